The van der Waals surface area contributed by atoms with E-state index in [1.54, 1.807) is 0 Å². The van der Waals surface area contributed by atoms with Gasteiger partial charge in [0.2, 0.25) is 0 Å². The van der Waals surface area contributed by atoms with Gasteiger partial charge in [-0.3, -0.25) is 4.79 Å². The van der Waals surface area contributed by atoms with Crippen molar-refractivity contribution in [3.8, 4) is 0 Å². The molecule has 3 atom stereocenters. The van der Waals surface area contributed by atoms with Crippen LogP contribution in [0.2, 0.25) is 0 Å². The van der Waals surface area contributed by atoms with Gasteiger partial charge in [-0.2, -0.15) is 0 Å². The van der Waals surface area contributed by atoms with Crippen LogP contribution in [0.4, 0.5) is 0 Å². The maximum absolute atomic E-state index is 11.4. The van der Waals surface area contributed by atoms with Crippen LogP contribution >= 0.6 is 0 Å². The molecular weight excluding hydrogens is 148 g/mol. The highest BCUT2D eigenvalue weighted by Crippen LogP contribution is 2.33. The van der Waals surface area contributed by atoms with Gasteiger partial charge < -0.3 is 0 Å². The summed E-state index contributed by atoms with van der Waals surface area (Å²) in [6.07, 6.45) is 4.25. The first-order valence-electron chi connectivity index (χ1n) is 5.17. The van der Waals surface area contributed by atoms with E-state index in [2.05, 4.69) is 13.8 Å². The normalized spacial score (nSPS) is 36.4. The summed E-state index contributed by atoms with van der Waals surface area (Å²) < 4.78 is 0. The molecule has 0 N–H and O–H groups in total. The minimum atomic E-state index is 0.390. The van der Waals surface area contributed by atoms with Gasteiger partial charge in [-0.15, -0.1) is 0 Å². The highest BCUT2D eigenvalue weighted by atomic mass is 16.1. The van der Waals surface area contributed by atoms with Crippen molar-refractivity contribution < 1.29 is 4.79 Å². The Morgan fingerprint density at radius 2 is 1.92 bits per heavy atom. The number of ketones is 1. The van der Waals surface area contributed by atoms with E-state index in [9.17, 15) is 4.79 Å². The third kappa shape index (κ3) is 2.09. The van der Waals surface area contributed by atoms with Gasteiger partial charge in [0.15, 0.2) is 0 Å². The number of hydrogen-bond donors (Lipinski definition) is 0. The molecule has 12 heavy (non-hydrogen) atoms. The van der Waals surface area contributed by atoms with Crippen molar-refractivity contribution in [2.75, 3.05) is 0 Å². The first-order chi connectivity index (χ1) is 5.65. The smallest absolute Gasteiger partial charge is 0.135 e. The van der Waals surface area contributed by atoms with Gasteiger partial charge >= 0.3 is 0 Å². The van der Waals surface area contributed by atoms with Crippen LogP contribution in [0.1, 0.15) is 46.5 Å². The van der Waals surface area contributed by atoms with Crippen LogP contribution in [0.25, 0.3) is 0 Å². The number of carbonyl (C=O) groups is 1. The summed E-state index contributed by atoms with van der Waals surface area (Å²) in [5.41, 5.74) is 0. The maximum Gasteiger partial charge on any atom is 0.135 e. The molecule has 0 aromatic heterocycles. The van der Waals surface area contributed by atoms with Gasteiger partial charge in [0.25, 0.3) is 0 Å². The van der Waals surface area contributed by atoms with Crippen LogP contribution < -0.4 is 0 Å². The van der Waals surface area contributed by atoms with Gasteiger partial charge in [0.05, 0.1) is 0 Å². The fourth-order valence-corrected chi connectivity index (χ4v) is 2.13. The van der Waals surface area contributed by atoms with Gasteiger partial charge in [-0.1, -0.05) is 20.8 Å². The van der Waals surface area contributed by atoms with Gasteiger partial charge in [-0.05, 0) is 31.1 Å². The second-order valence-corrected chi connectivity index (χ2v) is 4.28. The Bertz CT molecular complexity index is 162. The molecule has 0 bridgehead atoms. The largest absolute Gasteiger partial charge is 0.299 e. The van der Waals surface area contributed by atoms with Crippen LogP contribution in [0, 0.1) is 17.8 Å². The topological polar surface area (TPSA) is 17.1 Å². The second kappa shape index (κ2) is 4.06. The Hall–Kier alpha value is -0.330. The molecule has 0 heterocycles. The monoisotopic (exact) mass is 168 g/mol. The third-order valence-electron chi connectivity index (χ3n) is 3.40. The molecule has 0 aromatic rings. The molecular formula is C11H20O. The predicted molar refractivity (Wildman–Crippen MR) is 51.0 cm³/mol. The number of rotatable bonds is 2. The predicted octanol–water partition coefficient (Wildman–Crippen LogP) is 3.04. The molecule has 0 radical (unpaired) electrons. The molecule has 1 heteroatoms. The van der Waals surface area contributed by atoms with Crippen LogP contribution in [-0.4, -0.2) is 5.78 Å². The lowest BCUT2D eigenvalue weighted by Crippen LogP contribution is -2.25. The second-order valence-electron chi connectivity index (χ2n) is 4.28. The molecule has 3 unspecified atom stereocenters. The molecule has 0 saturated heterocycles. The molecule has 0 amide bonds. The van der Waals surface area contributed by atoms with Gasteiger partial charge in [0.1, 0.15) is 5.78 Å². The lowest BCUT2D eigenvalue weighted by molar-refractivity contribution is -0.124. The molecule has 1 aliphatic carbocycles. The third-order valence-corrected chi connectivity index (χ3v) is 3.40. The average Bonchev–Trinajstić information content (AvgIpc) is 2.08. The van der Waals surface area contributed by atoms with Gasteiger partial charge in [-0.25, -0.2) is 0 Å². The van der Waals surface area contributed by atoms with Crippen LogP contribution in [0.5, 0.6) is 0 Å². The van der Waals surface area contributed by atoms with E-state index >= 15 is 0 Å². The van der Waals surface area contributed by atoms with Crippen molar-refractivity contribution in [3.63, 3.8) is 0 Å². The number of hydrogen-bond acceptors (Lipinski definition) is 1. The standard InChI is InChI=1S/C11H20O/c1-4-11(12)10-6-5-8(2)9(3)7-10/h8-10H,4-7H2,1-3H3. The lowest BCUT2D eigenvalue weighted by Gasteiger charge is -2.30. The molecule has 1 saturated carbocycles. The average molecular weight is 168 g/mol. The SMILES string of the molecule is CCC(=O)C1CCC(C)C(C)C1. The van der Waals surface area contributed by atoms with Crippen LogP contribution in [0.15, 0.2) is 0 Å². The van der Waals surface area contributed by atoms with E-state index in [-0.39, 0.29) is 0 Å². The Kier molecular flexibility index (Phi) is 3.30. The lowest BCUT2D eigenvalue weighted by atomic mass is 9.74. The van der Waals surface area contributed by atoms with E-state index in [1.807, 2.05) is 6.92 Å². The molecule has 1 aliphatic rings. The Morgan fingerprint density at radius 1 is 1.25 bits per heavy atom. The molecule has 1 nitrogen and oxygen atoms in total. The van der Waals surface area contributed by atoms with Crippen molar-refractivity contribution >= 4 is 5.78 Å². The van der Waals surface area contributed by atoms with Crippen molar-refractivity contribution in [3.05, 3.63) is 0 Å². The van der Waals surface area contributed by atoms with E-state index in [1.165, 1.54) is 6.42 Å². The van der Waals surface area contributed by atoms with Crippen molar-refractivity contribution in [1.82, 2.24) is 0 Å². The van der Waals surface area contributed by atoms with E-state index in [4.69, 9.17) is 0 Å². The molecule has 70 valence electrons. The Morgan fingerprint density at radius 3 is 2.42 bits per heavy atom. The van der Waals surface area contributed by atoms with E-state index < -0.39 is 0 Å². The zero-order valence-corrected chi connectivity index (χ0v) is 8.47. The van der Waals surface area contributed by atoms with Crippen LogP contribution in [0.3, 0.4) is 0 Å². The first-order valence-corrected chi connectivity index (χ1v) is 5.17. The minimum Gasteiger partial charge on any atom is -0.299 e. The number of Topliss-reactive ketones (excluding diaryl/α,β-unsaturated/α-hetero) is 1. The number of carbonyl (C=O) groups excluding carboxylic acids is 1. The molecule has 1 rings (SSSR count). The van der Waals surface area contributed by atoms with Crippen molar-refractivity contribution in [2.45, 2.75) is 46.5 Å². The summed E-state index contributed by atoms with van der Waals surface area (Å²) in [6, 6.07) is 0. The summed E-state index contributed by atoms with van der Waals surface area (Å²) in [6.45, 7) is 6.56. The quantitative estimate of drug-likeness (QED) is 0.619. The summed E-state index contributed by atoms with van der Waals surface area (Å²) in [5, 5.41) is 0. The summed E-state index contributed by atoms with van der Waals surface area (Å²) in [5.74, 6) is 2.44. The zero-order valence-electron chi connectivity index (χ0n) is 8.47. The molecule has 0 aliphatic heterocycles. The van der Waals surface area contributed by atoms with Gasteiger partial charge in [0, 0.05) is 12.3 Å². The van der Waals surface area contributed by atoms with Crippen molar-refractivity contribution in [1.29, 1.82) is 0 Å². The molecule has 0 spiro atoms. The maximum atomic E-state index is 11.4. The van der Waals surface area contributed by atoms with Crippen molar-refractivity contribution in [2.24, 2.45) is 17.8 Å². The Balaban J connectivity index is 2.45. The molecule has 1 fully saturated rings. The summed E-state index contributed by atoms with van der Waals surface area (Å²) >= 11 is 0. The van der Waals surface area contributed by atoms with Crippen LogP contribution in [-0.2, 0) is 4.79 Å². The highest BCUT2D eigenvalue weighted by molar-refractivity contribution is 5.80. The fraction of sp³-hybridized carbons (Fsp3) is 0.909. The summed E-state index contributed by atoms with van der Waals surface area (Å²) in [4.78, 5) is 11.4. The van der Waals surface area contributed by atoms with E-state index in [0.29, 0.717) is 11.7 Å². The summed E-state index contributed by atoms with van der Waals surface area (Å²) in [7, 11) is 0. The minimum absolute atomic E-state index is 0.390. The highest BCUT2D eigenvalue weighted by Gasteiger charge is 2.27. The fourth-order valence-electron chi connectivity index (χ4n) is 2.13. The van der Waals surface area contributed by atoms with E-state index in [0.717, 1.165) is 31.1 Å². The zero-order chi connectivity index (χ0) is 9.14. The molecule has 0 aromatic carbocycles. The first kappa shape index (κ1) is 9.76. The Labute approximate surface area is 75.5 Å².